The van der Waals surface area contributed by atoms with E-state index in [-0.39, 0.29) is 5.56 Å². The molecule has 0 saturated carbocycles. The van der Waals surface area contributed by atoms with Crippen molar-refractivity contribution >= 4 is 33.3 Å². The van der Waals surface area contributed by atoms with Gasteiger partial charge in [0.2, 0.25) is 0 Å². The Morgan fingerprint density at radius 2 is 1.96 bits per heavy atom. The van der Waals surface area contributed by atoms with Crippen LogP contribution in [-0.2, 0) is 0 Å². The van der Waals surface area contributed by atoms with Gasteiger partial charge in [0, 0.05) is 17.4 Å². The Bertz CT molecular complexity index is 1090. The van der Waals surface area contributed by atoms with Crippen LogP contribution in [0.2, 0.25) is 0 Å². The number of hydrogen-bond donors (Lipinski definition) is 1. The maximum atomic E-state index is 13.8. The van der Waals surface area contributed by atoms with Crippen molar-refractivity contribution in [2.75, 3.05) is 5.32 Å². The van der Waals surface area contributed by atoms with Gasteiger partial charge in [-0.25, -0.2) is 14.4 Å². The minimum Gasteiger partial charge on any atom is -0.322 e. The van der Waals surface area contributed by atoms with E-state index in [1.807, 2.05) is 37.3 Å². The Morgan fingerprint density at radius 3 is 2.73 bits per heavy atom. The maximum Gasteiger partial charge on any atom is 0.258 e. The van der Waals surface area contributed by atoms with Crippen molar-refractivity contribution in [2.45, 2.75) is 6.92 Å². The van der Waals surface area contributed by atoms with Gasteiger partial charge in [-0.05, 0) is 55.0 Å². The van der Waals surface area contributed by atoms with Crippen LogP contribution in [0.5, 0.6) is 0 Å². The fourth-order valence-electron chi connectivity index (χ4n) is 2.67. The van der Waals surface area contributed by atoms with Crippen LogP contribution in [0.3, 0.4) is 0 Å². The predicted octanol–water partition coefficient (Wildman–Crippen LogP) is 5.06. The summed E-state index contributed by atoms with van der Waals surface area (Å²) in [6, 6.07) is 15.4. The number of carbonyl (C=O) groups is 1. The molecule has 4 rings (SSSR count). The second-order valence-electron chi connectivity index (χ2n) is 5.81. The van der Waals surface area contributed by atoms with Gasteiger partial charge in [-0.1, -0.05) is 23.5 Å². The van der Waals surface area contributed by atoms with E-state index in [0.29, 0.717) is 5.69 Å². The molecule has 0 radical (unpaired) electrons. The Balaban J connectivity index is 1.62. The van der Waals surface area contributed by atoms with E-state index in [2.05, 4.69) is 15.3 Å². The first-order valence-corrected chi connectivity index (χ1v) is 8.82. The number of hydrogen-bond acceptors (Lipinski definition) is 4. The average molecular weight is 363 g/mol. The van der Waals surface area contributed by atoms with Gasteiger partial charge >= 0.3 is 0 Å². The quantitative estimate of drug-likeness (QED) is 0.554. The summed E-state index contributed by atoms with van der Waals surface area (Å²) in [7, 11) is 0. The molecule has 4 nitrogen and oxygen atoms in total. The van der Waals surface area contributed by atoms with E-state index in [4.69, 9.17) is 0 Å². The first-order chi connectivity index (χ1) is 12.6. The molecule has 0 bridgehead atoms. The molecule has 1 N–H and O–H groups in total. The monoisotopic (exact) mass is 363 g/mol. The fraction of sp³-hybridized carbons (Fsp3) is 0.0500. The maximum absolute atomic E-state index is 13.8. The molecule has 0 spiro atoms. The van der Waals surface area contributed by atoms with Gasteiger partial charge in [0.1, 0.15) is 21.2 Å². The highest BCUT2D eigenvalue weighted by Gasteiger charge is 2.13. The summed E-state index contributed by atoms with van der Waals surface area (Å²) in [5, 5.41) is 3.63. The molecule has 6 heteroatoms. The summed E-state index contributed by atoms with van der Waals surface area (Å²) in [6.45, 7) is 1.89. The van der Waals surface area contributed by atoms with Crippen LogP contribution in [0.4, 0.5) is 10.1 Å². The summed E-state index contributed by atoms with van der Waals surface area (Å²) in [5.41, 5.74) is 3.35. The lowest BCUT2D eigenvalue weighted by atomic mass is 10.1. The number of amides is 1. The van der Waals surface area contributed by atoms with Crippen LogP contribution in [0.15, 0.2) is 60.8 Å². The molecule has 1 amide bonds. The second-order valence-corrected chi connectivity index (χ2v) is 6.79. The first kappa shape index (κ1) is 16.4. The molecule has 0 unspecified atom stereocenters. The first-order valence-electron chi connectivity index (χ1n) is 8.00. The van der Waals surface area contributed by atoms with Crippen molar-refractivity contribution < 1.29 is 9.18 Å². The zero-order valence-electron chi connectivity index (χ0n) is 13.9. The molecular weight excluding hydrogens is 349 g/mol. The zero-order chi connectivity index (χ0) is 18.1. The Kier molecular flexibility index (Phi) is 4.18. The van der Waals surface area contributed by atoms with Crippen LogP contribution in [0, 0.1) is 12.7 Å². The number of aromatic nitrogens is 2. The molecule has 128 valence electrons. The third-order valence-corrected chi connectivity index (χ3v) is 5.03. The van der Waals surface area contributed by atoms with Gasteiger partial charge in [0.05, 0.1) is 5.56 Å². The van der Waals surface area contributed by atoms with Crippen molar-refractivity contribution in [3.63, 3.8) is 0 Å². The summed E-state index contributed by atoms with van der Waals surface area (Å²) >= 11 is 1.52. The largest absolute Gasteiger partial charge is 0.322 e. The lowest BCUT2D eigenvalue weighted by Crippen LogP contribution is -2.14. The molecule has 2 aromatic carbocycles. The Labute approximate surface area is 153 Å². The topological polar surface area (TPSA) is 54.9 Å². The number of halogens is 1. The van der Waals surface area contributed by atoms with Crippen LogP contribution in [-0.4, -0.2) is 15.9 Å². The number of nitrogens with one attached hydrogen (secondary N) is 1. The highest BCUT2D eigenvalue weighted by molar-refractivity contribution is 7.21. The van der Waals surface area contributed by atoms with Gasteiger partial charge < -0.3 is 5.32 Å². The molecule has 0 aliphatic carbocycles. The number of rotatable bonds is 3. The third-order valence-electron chi connectivity index (χ3n) is 4.01. The smallest absolute Gasteiger partial charge is 0.258 e. The number of thiazole rings is 1. The van der Waals surface area contributed by atoms with Crippen molar-refractivity contribution in [3.05, 3.63) is 77.7 Å². The van der Waals surface area contributed by atoms with Crippen LogP contribution < -0.4 is 5.32 Å². The fourth-order valence-corrected chi connectivity index (χ4v) is 3.57. The molecular formula is C20H14FN3OS. The number of benzene rings is 2. The number of nitrogens with zero attached hydrogens (tertiary/aromatic N) is 2. The van der Waals surface area contributed by atoms with Crippen molar-refractivity contribution in [2.24, 2.45) is 0 Å². The summed E-state index contributed by atoms with van der Waals surface area (Å²) < 4.78 is 13.8. The van der Waals surface area contributed by atoms with Gasteiger partial charge in [0.15, 0.2) is 0 Å². The lowest BCUT2D eigenvalue weighted by Gasteiger charge is -2.10. The third kappa shape index (κ3) is 3.07. The van der Waals surface area contributed by atoms with E-state index >= 15 is 0 Å². The number of aryl methyl sites for hydroxylation is 1. The average Bonchev–Trinajstić information content (AvgIpc) is 3.08. The normalized spacial score (nSPS) is 10.8. The molecule has 0 aliphatic heterocycles. The van der Waals surface area contributed by atoms with E-state index in [9.17, 15) is 9.18 Å². The van der Waals surface area contributed by atoms with Gasteiger partial charge in [-0.3, -0.25) is 4.79 Å². The van der Waals surface area contributed by atoms with Gasteiger partial charge in [0.25, 0.3) is 5.91 Å². The van der Waals surface area contributed by atoms with Crippen LogP contribution in [0.1, 0.15) is 15.9 Å². The van der Waals surface area contributed by atoms with Crippen LogP contribution >= 0.6 is 11.3 Å². The highest BCUT2D eigenvalue weighted by atomic mass is 32.1. The van der Waals surface area contributed by atoms with Gasteiger partial charge in [-0.2, -0.15) is 0 Å². The molecule has 2 aromatic heterocycles. The van der Waals surface area contributed by atoms with E-state index in [1.165, 1.54) is 23.5 Å². The Hall–Kier alpha value is -3.12. The van der Waals surface area contributed by atoms with Crippen LogP contribution in [0.25, 0.3) is 20.9 Å². The lowest BCUT2D eigenvalue weighted by molar-refractivity contribution is 0.102. The molecule has 2 heterocycles. The minimum absolute atomic E-state index is 0.0215. The Morgan fingerprint density at radius 1 is 1.12 bits per heavy atom. The predicted molar refractivity (Wildman–Crippen MR) is 102 cm³/mol. The SMILES string of the molecule is Cc1cc(-c2nc3cccnc3s2)ccc1NC(=O)c1ccccc1F. The zero-order valence-corrected chi connectivity index (χ0v) is 14.7. The highest BCUT2D eigenvalue weighted by Crippen LogP contribution is 2.31. The second kappa shape index (κ2) is 6.65. The molecule has 0 saturated heterocycles. The molecule has 0 atom stereocenters. The van der Waals surface area contributed by atoms with E-state index in [1.54, 1.807) is 18.3 Å². The van der Waals surface area contributed by atoms with E-state index in [0.717, 1.165) is 26.5 Å². The van der Waals surface area contributed by atoms with Crippen molar-refractivity contribution in [1.29, 1.82) is 0 Å². The standard InChI is InChI=1S/C20H14FN3OS/c1-12-11-13(19-24-17-7-4-10-22-20(17)26-19)8-9-16(12)23-18(25)14-5-2-3-6-15(14)21/h2-11H,1H3,(H,23,25). The van der Waals surface area contributed by atoms with Crippen molar-refractivity contribution in [1.82, 2.24) is 9.97 Å². The molecule has 0 aliphatic rings. The minimum atomic E-state index is -0.541. The summed E-state index contributed by atoms with van der Waals surface area (Å²) in [6.07, 6.45) is 1.75. The summed E-state index contributed by atoms with van der Waals surface area (Å²) in [4.78, 5) is 22.1. The summed E-state index contributed by atoms with van der Waals surface area (Å²) in [5.74, 6) is -1.01. The number of pyridine rings is 1. The number of fused-ring (bicyclic) bond motifs is 1. The molecule has 0 fully saturated rings. The van der Waals surface area contributed by atoms with Crippen molar-refractivity contribution in [3.8, 4) is 10.6 Å². The molecule has 26 heavy (non-hydrogen) atoms. The number of anilines is 1. The van der Waals surface area contributed by atoms with Gasteiger partial charge in [-0.15, -0.1) is 0 Å². The van der Waals surface area contributed by atoms with E-state index < -0.39 is 11.7 Å². The molecule has 4 aromatic rings. The number of carbonyl (C=O) groups excluding carboxylic acids is 1.